The minimum atomic E-state index is -1.08. The van der Waals surface area contributed by atoms with E-state index >= 15 is 30.7 Å². The molecule has 8 saturated heterocycles. The monoisotopic (exact) mass is 1870 g/mol. The molecule has 8 aliphatic heterocycles. The average Bonchev–Trinajstić information content (AvgIpc) is 1.64. The van der Waals surface area contributed by atoms with Gasteiger partial charge in [-0.2, -0.15) is 19.9 Å². The SMILES string of the molecule is CCc1cc(F)c2nc(N3CCC(NC4CCOCC4)CC3)c(-c3nc(C)no3)c(C)c2c1.CCc1cc(F)c2nc(N3CC[C@@H](NC4CCOCC4)[C@H](F)C3)c(-c3nc(C)no3)c(C)c2c1.CCc1cc(F)c2nc(N3CC[C@H](NC4CCOCC4)[C@@H](F)C3)c(-c3nc(C)no3)c(C)c2c1.CCc1cc(F)c2nc(N3CC[C@H](NC4CCOCC4)[C@H](F)C3)c(-c3nc(C)no3)c(C)c2c1. The molecule has 0 saturated carbocycles. The zero-order chi connectivity index (χ0) is 94.4. The number of anilines is 4. The Kier molecular flexibility index (Phi) is 30.6. The zero-order valence-electron chi connectivity index (χ0n) is 79.4. The van der Waals surface area contributed by atoms with Crippen LogP contribution in [0, 0.1) is 78.7 Å². The van der Waals surface area contributed by atoms with Crippen molar-refractivity contribution in [3.8, 4) is 45.8 Å². The van der Waals surface area contributed by atoms with Crippen molar-refractivity contribution in [1.29, 1.82) is 0 Å². The third-order valence-corrected chi connectivity index (χ3v) is 28.0. The number of rotatable bonds is 20. The molecule has 4 N–H and O–H groups in total. The molecule has 0 radical (unpaired) electrons. The summed E-state index contributed by atoms with van der Waals surface area (Å²) in [6, 6.07) is 15.3. The quantitative estimate of drug-likeness (QED) is 0.0515. The Balaban J connectivity index is 0.000000125. The zero-order valence-corrected chi connectivity index (χ0v) is 79.4. The predicted molar refractivity (Wildman–Crippen MR) is 505 cm³/mol. The van der Waals surface area contributed by atoms with E-state index in [2.05, 4.69) is 66.7 Å². The Morgan fingerprint density at radius 3 is 0.733 bits per heavy atom. The van der Waals surface area contributed by atoms with Crippen molar-refractivity contribution in [2.24, 2.45) is 0 Å². The molecular formula is C100H125F7N20O8. The van der Waals surface area contributed by atoms with Crippen LogP contribution >= 0.6 is 0 Å². The molecule has 28 nitrogen and oxygen atoms in total. The number of halogens is 7. The van der Waals surface area contributed by atoms with Gasteiger partial charge in [-0.25, -0.2) is 50.7 Å². The summed E-state index contributed by atoms with van der Waals surface area (Å²) in [6.07, 6.45) is 11.1. The van der Waals surface area contributed by atoms with E-state index in [0.29, 0.717) is 213 Å². The minimum absolute atomic E-state index is 0.160. The molecule has 12 aromatic rings. The summed E-state index contributed by atoms with van der Waals surface area (Å²) in [4.78, 5) is 44.7. The fourth-order valence-electron chi connectivity index (χ4n) is 20.2. The number of benzene rings is 4. The lowest BCUT2D eigenvalue weighted by atomic mass is 9.97. The van der Waals surface area contributed by atoms with Crippen LogP contribution in [0.25, 0.3) is 89.4 Å². The molecule has 0 aliphatic carbocycles. The van der Waals surface area contributed by atoms with Gasteiger partial charge in [0.1, 0.15) is 87.1 Å². The van der Waals surface area contributed by atoms with Crippen LogP contribution in [0.5, 0.6) is 0 Å². The van der Waals surface area contributed by atoms with Gasteiger partial charge in [0.25, 0.3) is 23.6 Å². The van der Waals surface area contributed by atoms with Gasteiger partial charge in [0.05, 0.1) is 41.9 Å². The van der Waals surface area contributed by atoms with Gasteiger partial charge in [0.2, 0.25) is 0 Å². The second kappa shape index (κ2) is 43.0. The van der Waals surface area contributed by atoms with Gasteiger partial charge < -0.3 is 77.9 Å². The molecule has 16 heterocycles. The van der Waals surface area contributed by atoms with Crippen LogP contribution in [0.2, 0.25) is 0 Å². The average molecular weight is 1870 g/mol. The fourth-order valence-corrected chi connectivity index (χ4v) is 20.2. The van der Waals surface area contributed by atoms with Crippen molar-refractivity contribution in [3.63, 3.8) is 0 Å². The van der Waals surface area contributed by atoms with Crippen molar-refractivity contribution in [3.05, 3.63) is 140 Å². The summed E-state index contributed by atoms with van der Waals surface area (Å²) in [5, 5.41) is 33.0. The molecule has 8 fully saturated rings. The topological polar surface area (TPSA) is 305 Å². The summed E-state index contributed by atoms with van der Waals surface area (Å²) in [7, 11) is 0. The molecule has 8 aliphatic rings. The molecule has 135 heavy (non-hydrogen) atoms. The first-order valence-corrected chi connectivity index (χ1v) is 48.4. The second-order valence-electron chi connectivity index (χ2n) is 37.2. The smallest absolute Gasteiger partial charge is 0.261 e. The number of ether oxygens (including phenoxy) is 4. The Labute approximate surface area is 781 Å². The van der Waals surface area contributed by atoms with Crippen LogP contribution in [0.15, 0.2) is 66.6 Å². The van der Waals surface area contributed by atoms with Crippen LogP contribution in [-0.4, -0.2) is 233 Å². The maximum atomic E-state index is 15.4. The van der Waals surface area contributed by atoms with Gasteiger partial charge >= 0.3 is 0 Å². The van der Waals surface area contributed by atoms with Crippen molar-refractivity contribution >= 4 is 66.9 Å². The van der Waals surface area contributed by atoms with Crippen LogP contribution < -0.4 is 40.9 Å². The number of fused-ring (bicyclic) bond motifs is 4. The minimum Gasteiger partial charge on any atom is -0.381 e. The van der Waals surface area contributed by atoms with Gasteiger partial charge in [-0.1, -0.05) is 48.3 Å². The fraction of sp³-hybridized carbons (Fsp3) is 0.560. The van der Waals surface area contributed by atoms with Crippen molar-refractivity contribution < 1.29 is 67.8 Å². The standard InChI is InChI=1S/3C25H31F2N5O2.C25H32FN5O2/c3*1-4-16-11-18-14(2)22(25-28-15(3)31-34-25)24(30-23(18)19(26)12-16)32-8-5-21(20(27)13-32)29-17-6-9-33-10-7-17;1-4-17-13-20-15(2)22(25-27-16(3)30-33-25)24(29-23(20)21(26)14-17)31-9-5-18(6-10-31)28-19-7-11-32-12-8-19/h3*11-12,17,20-21,29H,4-10,13H2,1-3H3;13-14,18-19,28H,4-12H2,1-3H3/t20-,21+;2*20-,21-;/m110./s1. The highest BCUT2D eigenvalue weighted by Gasteiger charge is 2.40. The van der Waals surface area contributed by atoms with Crippen LogP contribution in [-0.2, 0) is 44.6 Å². The summed E-state index contributed by atoms with van der Waals surface area (Å²) >= 11 is 0. The highest BCUT2D eigenvalue weighted by Crippen LogP contribution is 2.45. The number of piperidine rings is 4. The van der Waals surface area contributed by atoms with Crippen LogP contribution in [0.3, 0.4) is 0 Å². The third kappa shape index (κ3) is 21.6. The van der Waals surface area contributed by atoms with Crippen molar-refractivity contribution in [2.45, 2.75) is 259 Å². The number of nitrogens with zero attached hydrogens (tertiary/aromatic N) is 16. The molecule has 35 heteroatoms. The third-order valence-electron chi connectivity index (χ3n) is 28.0. The molecule has 4 aromatic carbocycles. The van der Waals surface area contributed by atoms with E-state index in [-0.39, 0.29) is 95.7 Å². The molecule has 20 rings (SSSR count). The summed E-state index contributed by atoms with van der Waals surface area (Å²) in [6.45, 7) is 32.7. The Morgan fingerprint density at radius 1 is 0.289 bits per heavy atom. The largest absolute Gasteiger partial charge is 0.381 e. The number of alkyl halides is 3. The molecule has 0 unspecified atom stereocenters. The van der Waals surface area contributed by atoms with E-state index in [1.54, 1.807) is 33.8 Å². The molecule has 0 spiro atoms. The lowest BCUT2D eigenvalue weighted by molar-refractivity contribution is 0.0684. The summed E-state index contributed by atoms with van der Waals surface area (Å²) in [5.74, 6) is 4.26. The summed E-state index contributed by atoms with van der Waals surface area (Å²) in [5.41, 5.74) is 10.9. The molecule has 0 amide bonds. The van der Waals surface area contributed by atoms with Gasteiger partial charge in [-0.05, 0) is 258 Å². The number of pyridine rings is 4. The lowest BCUT2D eigenvalue weighted by Crippen LogP contribution is -2.54. The van der Waals surface area contributed by atoms with Crippen LogP contribution in [0.1, 0.15) is 179 Å². The first kappa shape index (κ1) is 96.2. The lowest BCUT2D eigenvalue weighted by Gasteiger charge is -2.39. The highest BCUT2D eigenvalue weighted by molar-refractivity contribution is 5.97. The number of aryl methyl sites for hydroxylation is 12. The predicted octanol–water partition coefficient (Wildman–Crippen LogP) is 17.2. The van der Waals surface area contributed by atoms with Gasteiger partial charge in [0, 0.05) is 155 Å². The van der Waals surface area contributed by atoms with Gasteiger partial charge in [0.15, 0.2) is 23.3 Å². The number of aromatic nitrogens is 12. The Morgan fingerprint density at radius 2 is 0.511 bits per heavy atom. The first-order valence-electron chi connectivity index (χ1n) is 48.4. The molecule has 8 aromatic heterocycles. The Bertz CT molecular complexity index is 5690. The highest BCUT2D eigenvalue weighted by atomic mass is 19.2. The second-order valence-corrected chi connectivity index (χ2v) is 37.2. The Hall–Kier alpha value is -10.5. The van der Waals surface area contributed by atoms with Crippen molar-refractivity contribution in [1.82, 2.24) is 81.8 Å². The molecule has 722 valence electrons. The molecular weight excluding hydrogens is 1740 g/mol. The first-order chi connectivity index (χ1) is 65.3. The van der Waals surface area contributed by atoms with E-state index in [1.807, 2.05) is 94.4 Å². The van der Waals surface area contributed by atoms with Crippen LogP contribution in [0.4, 0.5) is 54.0 Å². The maximum absolute atomic E-state index is 15.4. The number of hydrogen-bond donors (Lipinski definition) is 4. The van der Waals surface area contributed by atoms with E-state index in [4.69, 9.17) is 57.0 Å². The van der Waals surface area contributed by atoms with E-state index in [9.17, 15) is 0 Å². The normalized spacial score (nSPS) is 21.1. The van der Waals surface area contributed by atoms with E-state index in [1.165, 1.54) is 18.2 Å². The molecule has 0 bridgehead atoms. The summed E-state index contributed by atoms with van der Waals surface area (Å²) < 4.78 is 150. The van der Waals surface area contributed by atoms with E-state index in [0.717, 1.165) is 158 Å². The maximum Gasteiger partial charge on any atom is 0.261 e. The van der Waals surface area contributed by atoms with Gasteiger partial charge in [-0.3, -0.25) is 0 Å². The van der Waals surface area contributed by atoms with Crippen molar-refractivity contribution in [2.75, 3.05) is 125 Å². The number of hydrogen-bond acceptors (Lipinski definition) is 28. The van der Waals surface area contributed by atoms with Gasteiger partial charge in [-0.15, -0.1) is 0 Å². The number of nitrogens with one attached hydrogen (secondary N) is 4. The molecule has 6 atom stereocenters. The van der Waals surface area contributed by atoms with E-state index < -0.39 is 18.5 Å².